The molecule has 0 saturated carbocycles. The number of nitriles is 1. The van der Waals surface area contributed by atoms with Crippen LogP contribution in [0, 0.1) is 16.7 Å². The van der Waals surface area contributed by atoms with Crippen molar-refractivity contribution in [3.8, 4) is 6.07 Å². The van der Waals surface area contributed by atoms with Crippen molar-refractivity contribution in [3.63, 3.8) is 0 Å². The van der Waals surface area contributed by atoms with Crippen molar-refractivity contribution < 1.29 is 9.90 Å². The second-order valence-corrected chi connectivity index (χ2v) is 6.67. The SMILES string of the molecule is N#Cc1cccc(C(CCO)NC(=O)c2cc3cc(/C(C=N)=C/N)ccc3cn2)c1. The summed E-state index contributed by atoms with van der Waals surface area (Å²) in [5.74, 6) is -0.384. The van der Waals surface area contributed by atoms with Crippen molar-refractivity contribution in [1.29, 1.82) is 10.7 Å². The van der Waals surface area contributed by atoms with E-state index in [0.717, 1.165) is 21.9 Å². The number of aromatic nitrogens is 1. The van der Waals surface area contributed by atoms with Gasteiger partial charge in [0.2, 0.25) is 0 Å². The van der Waals surface area contributed by atoms with E-state index < -0.39 is 6.04 Å². The summed E-state index contributed by atoms with van der Waals surface area (Å²) in [6.45, 7) is -0.117. The number of nitrogens with two attached hydrogens (primary N) is 1. The van der Waals surface area contributed by atoms with Gasteiger partial charge in [0.1, 0.15) is 5.69 Å². The Bertz CT molecular complexity index is 1160. The summed E-state index contributed by atoms with van der Waals surface area (Å²) in [5, 5.41) is 30.5. The van der Waals surface area contributed by atoms with Gasteiger partial charge in [0, 0.05) is 36.2 Å². The summed E-state index contributed by atoms with van der Waals surface area (Å²) in [6.07, 6.45) is 4.45. The molecule has 0 fully saturated rings. The van der Waals surface area contributed by atoms with Crippen LogP contribution in [0.15, 0.2) is 60.9 Å². The zero-order valence-corrected chi connectivity index (χ0v) is 16.2. The van der Waals surface area contributed by atoms with Crippen LogP contribution < -0.4 is 11.1 Å². The third-order valence-electron chi connectivity index (χ3n) is 4.76. The number of hydrogen-bond acceptors (Lipinski definition) is 6. The number of allylic oxidation sites excluding steroid dienone is 1. The molecule has 30 heavy (non-hydrogen) atoms. The quantitative estimate of drug-likeness (QED) is 0.453. The summed E-state index contributed by atoms with van der Waals surface area (Å²) in [4.78, 5) is 17.1. The largest absolute Gasteiger partial charge is 0.404 e. The molecule has 0 bridgehead atoms. The number of carbonyl (C=O) groups is 1. The second kappa shape index (κ2) is 9.45. The fraction of sp³-hybridized carbons (Fsp3) is 0.130. The van der Waals surface area contributed by atoms with Gasteiger partial charge in [-0.2, -0.15) is 5.26 Å². The standard InChI is InChI=1S/C23H21N5O2/c24-11-15-2-1-3-17(8-15)21(6-7-29)28-23(30)22-10-19-9-16(20(12-25)13-26)4-5-18(19)14-27-22/h1-5,8-10,12-14,21,25,29H,6-7,26H2,(H,28,30)/b20-13+,25-12?. The molecule has 2 aromatic carbocycles. The maximum Gasteiger partial charge on any atom is 0.270 e. The van der Waals surface area contributed by atoms with Gasteiger partial charge in [0.15, 0.2) is 0 Å². The van der Waals surface area contributed by atoms with E-state index in [0.29, 0.717) is 17.6 Å². The summed E-state index contributed by atoms with van der Waals surface area (Å²) in [7, 11) is 0. The third kappa shape index (κ3) is 4.51. The number of pyridine rings is 1. The van der Waals surface area contributed by atoms with Crippen molar-refractivity contribution in [1.82, 2.24) is 10.3 Å². The number of nitrogens with zero attached hydrogens (tertiary/aromatic N) is 2. The predicted molar refractivity (Wildman–Crippen MR) is 116 cm³/mol. The molecular weight excluding hydrogens is 378 g/mol. The van der Waals surface area contributed by atoms with Crippen LogP contribution >= 0.6 is 0 Å². The van der Waals surface area contributed by atoms with Crippen LogP contribution in [-0.4, -0.2) is 28.8 Å². The van der Waals surface area contributed by atoms with Gasteiger partial charge in [-0.05, 0) is 47.2 Å². The van der Waals surface area contributed by atoms with Crippen molar-refractivity contribution >= 4 is 28.5 Å². The minimum Gasteiger partial charge on any atom is -0.404 e. The molecular formula is C23H21N5O2. The fourth-order valence-electron chi connectivity index (χ4n) is 3.18. The molecule has 0 aliphatic rings. The van der Waals surface area contributed by atoms with Gasteiger partial charge >= 0.3 is 0 Å². The number of aliphatic hydroxyl groups excluding tert-OH is 1. The van der Waals surface area contributed by atoms with Crippen LogP contribution in [0.3, 0.4) is 0 Å². The van der Waals surface area contributed by atoms with Gasteiger partial charge in [-0.1, -0.05) is 24.3 Å². The predicted octanol–water partition coefficient (Wildman–Crippen LogP) is 2.91. The summed E-state index contributed by atoms with van der Waals surface area (Å²) < 4.78 is 0. The van der Waals surface area contributed by atoms with E-state index in [1.165, 1.54) is 12.4 Å². The molecule has 7 heteroatoms. The monoisotopic (exact) mass is 399 g/mol. The molecule has 3 rings (SSSR count). The molecule has 1 heterocycles. The Labute approximate surface area is 174 Å². The van der Waals surface area contributed by atoms with Crippen LogP contribution in [0.25, 0.3) is 16.3 Å². The Kier molecular flexibility index (Phi) is 6.53. The van der Waals surface area contributed by atoms with Crippen LogP contribution in [0.4, 0.5) is 0 Å². The molecule has 1 atom stereocenters. The molecule has 150 valence electrons. The molecule has 0 spiro atoms. The van der Waals surface area contributed by atoms with Gasteiger partial charge < -0.3 is 21.6 Å². The number of nitrogens with one attached hydrogen (secondary N) is 2. The van der Waals surface area contributed by atoms with E-state index in [2.05, 4.69) is 16.4 Å². The molecule has 1 unspecified atom stereocenters. The minimum atomic E-state index is -0.454. The Morgan fingerprint density at radius 3 is 2.80 bits per heavy atom. The Hall–Kier alpha value is -4.02. The normalized spacial score (nSPS) is 12.2. The van der Waals surface area contributed by atoms with Gasteiger partial charge in [-0.25, -0.2) is 0 Å². The maximum atomic E-state index is 12.8. The molecule has 0 aliphatic carbocycles. The van der Waals surface area contributed by atoms with E-state index >= 15 is 0 Å². The summed E-state index contributed by atoms with van der Waals surface area (Å²) in [5.41, 5.74) is 8.35. The first-order chi connectivity index (χ1) is 14.6. The number of hydrogen-bond donors (Lipinski definition) is 4. The molecule has 1 aromatic heterocycles. The van der Waals surface area contributed by atoms with Gasteiger partial charge in [-0.3, -0.25) is 9.78 Å². The van der Waals surface area contributed by atoms with Gasteiger partial charge in [0.25, 0.3) is 5.91 Å². The highest BCUT2D eigenvalue weighted by molar-refractivity contribution is 6.09. The van der Waals surface area contributed by atoms with E-state index in [9.17, 15) is 9.90 Å². The molecule has 0 aliphatic heterocycles. The van der Waals surface area contributed by atoms with Crippen LogP contribution in [-0.2, 0) is 0 Å². The minimum absolute atomic E-state index is 0.117. The van der Waals surface area contributed by atoms with E-state index in [1.54, 1.807) is 36.5 Å². The average Bonchev–Trinajstić information content (AvgIpc) is 2.79. The first-order valence-corrected chi connectivity index (χ1v) is 9.34. The van der Waals surface area contributed by atoms with Crippen molar-refractivity contribution in [2.45, 2.75) is 12.5 Å². The smallest absolute Gasteiger partial charge is 0.270 e. The lowest BCUT2D eigenvalue weighted by molar-refractivity contribution is 0.0925. The summed E-state index contributed by atoms with van der Waals surface area (Å²) >= 11 is 0. The number of amides is 1. The first-order valence-electron chi connectivity index (χ1n) is 9.34. The number of carbonyl (C=O) groups excluding carboxylic acids is 1. The van der Waals surface area contributed by atoms with Gasteiger partial charge in [0.05, 0.1) is 17.7 Å². The highest BCUT2D eigenvalue weighted by Crippen LogP contribution is 2.22. The lowest BCUT2D eigenvalue weighted by atomic mass is 10.0. The van der Waals surface area contributed by atoms with Crippen molar-refractivity contribution in [2.24, 2.45) is 5.73 Å². The van der Waals surface area contributed by atoms with E-state index in [-0.39, 0.29) is 18.2 Å². The zero-order valence-electron chi connectivity index (χ0n) is 16.2. The van der Waals surface area contributed by atoms with Crippen molar-refractivity contribution in [3.05, 3.63) is 83.3 Å². The Morgan fingerprint density at radius 1 is 1.27 bits per heavy atom. The van der Waals surface area contributed by atoms with Crippen LogP contribution in [0.1, 0.15) is 39.6 Å². The highest BCUT2D eigenvalue weighted by Gasteiger charge is 2.17. The molecule has 5 N–H and O–H groups in total. The number of benzene rings is 2. The molecule has 0 saturated heterocycles. The third-order valence-corrected chi connectivity index (χ3v) is 4.76. The average molecular weight is 399 g/mol. The lowest BCUT2D eigenvalue weighted by Crippen LogP contribution is -2.30. The second-order valence-electron chi connectivity index (χ2n) is 6.67. The Morgan fingerprint density at radius 2 is 2.10 bits per heavy atom. The molecule has 3 aromatic rings. The van der Waals surface area contributed by atoms with Crippen LogP contribution in [0.2, 0.25) is 0 Å². The Balaban J connectivity index is 1.90. The van der Waals surface area contributed by atoms with E-state index in [1.807, 2.05) is 18.2 Å². The first kappa shape index (κ1) is 20.7. The number of fused-ring (bicyclic) bond motifs is 1. The summed E-state index contributed by atoms with van der Waals surface area (Å²) in [6, 6.07) is 15.8. The highest BCUT2D eigenvalue weighted by atomic mass is 16.3. The van der Waals surface area contributed by atoms with Gasteiger partial charge in [-0.15, -0.1) is 0 Å². The van der Waals surface area contributed by atoms with Crippen LogP contribution in [0.5, 0.6) is 0 Å². The topological polar surface area (TPSA) is 136 Å². The zero-order chi connectivity index (χ0) is 21.5. The molecule has 1 amide bonds. The molecule has 0 radical (unpaired) electrons. The fourth-order valence-corrected chi connectivity index (χ4v) is 3.18. The number of rotatable bonds is 7. The van der Waals surface area contributed by atoms with Crippen molar-refractivity contribution in [2.75, 3.05) is 6.61 Å². The maximum absolute atomic E-state index is 12.8. The number of aliphatic hydroxyl groups is 1. The molecule has 7 nitrogen and oxygen atoms in total. The van der Waals surface area contributed by atoms with E-state index in [4.69, 9.17) is 16.4 Å². The lowest BCUT2D eigenvalue weighted by Gasteiger charge is -2.18.